The number of pyridine rings is 1. The number of carbonyl (C=O) groups is 1. The summed E-state index contributed by atoms with van der Waals surface area (Å²) in [5.74, 6) is 1.03. The van der Waals surface area contributed by atoms with Gasteiger partial charge in [-0.05, 0) is 28.9 Å². The molecule has 1 aromatic heterocycles. The number of hydrogen-bond donors (Lipinski definition) is 0. The number of hydrogen-bond acceptors (Lipinski definition) is 3. The Bertz CT molecular complexity index is 670. The molecule has 0 spiro atoms. The number of benzene rings is 1. The van der Waals surface area contributed by atoms with E-state index in [-0.39, 0.29) is 5.91 Å². The summed E-state index contributed by atoms with van der Waals surface area (Å²) < 4.78 is 6.66. The van der Waals surface area contributed by atoms with Crippen LogP contribution < -0.4 is 9.64 Å². The highest BCUT2D eigenvalue weighted by Crippen LogP contribution is 2.37. The van der Waals surface area contributed by atoms with Crippen molar-refractivity contribution in [1.82, 2.24) is 4.98 Å². The molecule has 4 nitrogen and oxygen atoms in total. The van der Waals surface area contributed by atoms with Gasteiger partial charge in [-0.2, -0.15) is 0 Å². The lowest BCUT2D eigenvalue weighted by Gasteiger charge is -2.31. The van der Waals surface area contributed by atoms with Crippen molar-refractivity contribution in [3.05, 3.63) is 52.1 Å². The summed E-state index contributed by atoms with van der Waals surface area (Å²) in [6.07, 6.45) is 1.03. The molecule has 5 heteroatoms. The predicted octanol–water partition coefficient (Wildman–Crippen LogP) is 3.25. The molecular weight excluding hydrogens is 320 g/mol. The number of nitrogens with zero attached hydrogens (tertiary/aromatic N) is 2. The van der Waals surface area contributed by atoms with E-state index < -0.39 is 6.10 Å². The van der Waals surface area contributed by atoms with Gasteiger partial charge in [-0.3, -0.25) is 9.69 Å². The molecule has 0 fully saturated rings. The van der Waals surface area contributed by atoms with E-state index in [9.17, 15) is 4.79 Å². The van der Waals surface area contributed by atoms with Crippen molar-refractivity contribution in [2.75, 3.05) is 11.9 Å². The summed E-state index contributed by atoms with van der Waals surface area (Å²) in [5.41, 5.74) is 1.99. The number of fused-ring (bicyclic) bond motifs is 1. The van der Waals surface area contributed by atoms with Gasteiger partial charge in [0.25, 0.3) is 5.91 Å². The number of carbonyl (C=O) groups excluding carboxylic acids is 1. The maximum absolute atomic E-state index is 12.4. The maximum Gasteiger partial charge on any atom is 0.273 e. The third-order valence-corrected chi connectivity index (χ3v) is 3.73. The third kappa shape index (κ3) is 2.18. The number of halogens is 1. The second-order valence-corrected chi connectivity index (χ2v) is 5.70. The SMILES string of the molecule is Cc1ccc(C2Oc3cc(Br)cnc3N(C)C2=O)cc1. The van der Waals surface area contributed by atoms with Crippen LogP contribution in [-0.2, 0) is 4.79 Å². The van der Waals surface area contributed by atoms with E-state index in [0.29, 0.717) is 11.6 Å². The van der Waals surface area contributed by atoms with Gasteiger partial charge in [0.15, 0.2) is 11.6 Å². The molecule has 1 aliphatic heterocycles. The van der Waals surface area contributed by atoms with Crippen LogP contribution in [0.1, 0.15) is 17.2 Å². The van der Waals surface area contributed by atoms with Gasteiger partial charge < -0.3 is 4.74 Å². The van der Waals surface area contributed by atoms with Crippen LogP contribution in [0.3, 0.4) is 0 Å². The highest BCUT2D eigenvalue weighted by atomic mass is 79.9. The molecule has 0 bridgehead atoms. The molecule has 3 rings (SSSR count). The maximum atomic E-state index is 12.4. The Hall–Kier alpha value is -1.88. The molecule has 2 aromatic rings. The normalized spacial score (nSPS) is 17.6. The zero-order valence-corrected chi connectivity index (χ0v) is 12.7. The number of likely N-dealkylation sites (N-methyl/N-ethyl adjacent to an activating group) is 1. The van der Waals surface area contributed by atoms with E-state index in [1.807, 2.05) is 37.3 Å². The monoisotopic (exact) mass is 332 g/mol. The van der Waals surface area contributed by atoms with Crippen molar-refractivity contribution in [2.45, 2.75) is 13.0 Å². The fourth-order valence-electron chi connectivity index (χ4n) is 2.16. The van der Waals surface area contributed by atoms with Crippen molar-refractivity contribution in [1.29, 1.82) is 0 Å². The Morgan fingerprint density at radius 3 is 2.70 bits per heavy atom. The molecule has 0 N–H and O–H groups in total. The number of anilines is 1. The first-order chi connectivity index (χ1) is 9.56. The summed E-state index contributed by atoms with van der Waals surface area (Å²) in [5, 5.41) is 0. The van der Waals surface area contributed by atoms with Crippen LogP contribution in [-0.4, -0.2) is 17.9 Å². The van der Waals surface area contributed by atoms with Crippen molar-refractivity contribution in [3.63, 3.8) is 0 Å². The lowest BCUT2D eigenvalue weighted by atomic mass is 10.1. The molecule has 0 saturated carbocycles. The first-order valence-corrected chi connectivity index (χ1v) is 7.02. The van der Waals surface area contributed by atoms with E-state index in [2.05, 4.69) is 20.9 Å². The van der Waals surface area contributed by atoms with Crippen LogP contribution in [0.15, 0.2) is 41.0 Å². The minimum absolute atomic E-state index is 0.115. The molecule has 1 atom stereocenters. The molecular formula is C15H13BrN2O2. The standard InChI is InChI=1S/C15H13BrN2O2/c1-9-3-5-10(6-4-9)13-15(19)18(2)14-12(20-13)7-11(16)8-17-14/h3-8,13H,1-2H3. The Morgan fingerprint density at radius 2 is 2.00 bits per heavy atom. The highest BCUT2D eigenvalue weighted by Gasteiger charge is 2.34. The van der Waals surface area contributed by atoms with Crippen molar-refractivity contribution < 1.29 is 9.53 Å². The summed E-state index contributed by atoms with van der Waals surface area (Å²) in [6, 6.07) is 9.61. The lowest BCUT2D eigenvalue weighted by Crippen LogP contribution is -2.39. The number of ether oxygens (including phenoxy) is 1. The fourth-order valence-corrected chi connectivity index (χ4v) is 2.47. The van der Waals surface area contributed by atoms with Gasteiger partial charge in [-0.1, -0.05) is 29.8 Å². The van der Waals surface area contributed by atoms with E-state index in [0.717, 1.165) is 15.6 Å². The number of aromatic nitrogens is 1. The van der Waals surface area contributed by atoms with Gasteiger partial charge in [-0.25, -0.2) is 4.98 Å². The van der Waals surface area contributed by atoms with E-state index in [1.165, 1.54) is 4.90 Å². The number of amides is 1. The topological polar surface area (TPSA) is 42.4 Å². The van der Waals surface area contributed by atoms with Crippen molar-refractivity contribution in [3.8, 4) is 5.75 Å². The molecule has 1 amide bonds. The summed E-state index contributed by atoms with van der Waals surface area (Å²) in [6.45, 7) is 2.01. The second-order valence-electron chi connectivity index (χ2n) is 4.78. The Labute approximate surface area is 125 Å². The fraction of sp³-hybridized carbons (Fsp3) is 0.200. The molecule has 0 saturated heterocycles. The molecule has 1 aromatic carbocycles. The van der Waals surface area contributed by atoms with Crippen LogP contribution in [0.25, 0.3) is 0 Å². The van der Waals surface area contributed by atoms with Gasteiger partial charge in [0, 0.05) is 23.3 Å². The quantitative estimate of drug-likeness (QED) is 0.805. The van der Waals surface area contributed by atoms with E-state index >= 15 is 0 Å². The zero-order chi connectivity index (χ0) is 14.3. The van der Waals surface area contributed by atoms with Gasteiger partial charge >= 0.3 is 0 Å². The van der Waals surface area contributed by atoms with Crippen LogP contribution in [0.2, 0.25) is 0 Å². The minimum Gasteiger partial charge on any atom is -0.472 e. The van der Waals surface area contributed by atoms with Gasteiger partial charge in [0.2, 0.25) is 6.10 Å². The van der Waals surface area contributed by atoms with Gasteiger partial charge in [0.1, 0.15) is 0 Å². The highest BCUT2D eigenvalue weighted by molar-refractivity contribution is 9.10. The zero-order valence-electron chi connectivity index (χ0n) is 11.1. The Morgan fingerprint density at radius 1 is 1.30 bits per heavy atom. The molecule has 0 radical (unpaired) electrons. The molecule has 1 unspecified atom stereocenters. The third-order valence-electron chi connectivity index (χ3n) is 3.30. The predicted molar refractivity (Wildman–Crippen MR) is 79.9 cm³/mol. The van der Waals surface area contributed by atoms with Crippen LogP contribution >= 0.6 is 15.9 Å². The Balaban J connectivity index is 2.03. The minimum atomic E-state index is -0.621. The Kier molecular flexibility index (Phi) is 3.22. The lowest BCUT2D eigenvalue weighted by molar-refractivity contribution is -0.126. The summed E-state index contributed by atoms with van der Waals surface area (Å²) in [4.78, 5) is 18.2. The van der Waals surface area contributed by atoms with Crippen LogP contribution in [0.5, 0.6) is 5.75 Å². The first-order valence-electron chi connectivity index (χ1n) is 6.22. The van der Waals surface area contributed by atoms with E-state index in [4.69, 9.17) is 4.74 Å². The van der Waals surface area contributed by atoms with Crippen LogP contribution in [0.4, 0.5) is 5.82 Å². The van der Waals surface area contributed by atoms with Crippen molar-refractivity contribution in [2.24, 2.45) is 0 Å². The van der Waals surface area contributed by atoms with E-state index in [1.54, 1.807) is 13.2 Å². The average molecular weight is 333 g/mol. The average Bonchev–Trinajstić information content (AvgIpc) is 2.44. The smallest absolute Gasteiger partial charge is 0.273 e. The molecule has 2 heterocycles. The first kappa shape index (κ1) is 13.1. The number of rotatable bonds is 1. The van der Waals surface area contributed by atoms with Crippen LogP contribution in [0, 0.1) is 6.92 Å². The largest absolute Gasteiger partial charge is 0.472 e. The van der Waals surface area contributed by atoms with Crippen molar-refractivity contribution >= 4 is 27.7 Å². The molecule has 102 valence electrons. The van der Waals surface area contributed by atoms with Gasteiger partial charge in [-0.15, -0.1) is 0 Å². The molecule has 0 aliphatic carbocycles. The molecule has 1 aliphatic rings. The summed E-state index contributed by atoms with van der Waals surface area (Å²) >= 11 is 3.37. The number of aryl methyl sites for hydroxylation is 1. The van der Waals surface area contributed by atoms with Gasteiger partial charge in [0.05, 0.1) is 0 Å². The molecule has 20 heavy (non-hydrogen) atoms. The summed E-state index contributed by atoms with van der Waals surface area (Å²) in [7, 11) is 1.71. The second kappa shape index (κ2) is 4.90.